The fourth-order valence-corrected chi connectivity index (χ4v) is 1.83. The SMILES string of the molecule is CC(CCl)C(=O)NC(C)(C)CCc1ccccc1. The Hall–Kier alpha value is -1.02. The monoisotopic (exact) mass is 267 g/mol. The molecule has 1 atom stereocenters. The van der Waals surface area contributed by atoms with Crippen molar-refractivity contribution in [1.29, 1.82) is 0 Å². The number of hydrogen-bond donors (Lipinski definition) is 1. The zero-order chi connectivity index (χ0) is 13.6. The summed E-state index contributed by atoms with van der Waals surface area (Å²) in [7, 11) is 0. The highest BCUT2D eigenvalue weighted by Gasteiger charge is 2.22. The molecule has 1 aromatic carbocycles. The third-order valence-corrected chi connectivity index (χ3v) is 3.49. The zero-order valence-corrected chi connectivity index (χ0v) is 12.1. The minimum Gasteiger partial charge on any atom is -0.351 e. The summed E-state index contributed by atoms with van der Waals surface area (Å²) in [6, 6.07) is 10.3. The van der Waals surface area contributed by atoms with E-state index < -0.39 is 0 Å². The van der Waals surface area contributed by atoms with Crippen LogP contribution in [0.1, 0.15) is 32.8 Å². The van der Waals surface area contributed by atoms with Crippen molar-refractivity contribution in [2.45, 2.75) is 39.2 Å². The third kappa shape index (κ3) is 5.09. The van der Waals surface area contributed by atoms with Gasteiger partial charge >= 0.3 is 0 Å². The second kappa shape index (κ2) is 6.79. The molecule has 1 rings (SSSR count). The summed E-state index contributed by atoms with van der Waals surface area (Å²) in [6.07, 6.45) is 1.88. The standard InChI is InChI=1S/C15H22ClNO/c1-12(11-16)14(18)17-15(2,3)10-9-13-7-5-4-6-8-13/h4-8,12H,9-11H2,1-3H3,(H,17,18). The predicted molar refractivity (Wildman–Crippen MR) is 76.9 cm³/mol. The fourth-order valence-electron chi connectivity index (χ4n) is 1.69. The second-order valence-corrected chi connectivity index (χ2v) is 5.72. The quantitative estimate of drug-likeness (QED) is 0.787. The lowest BCUT2D eigenvalue weighted by atomic mass is 9.94. The molecule has 1 N–H and O–H groups in total. The number of carbonyl (C=O) groups is 1. The van der Waals surface area contributed by atoms with Crippen molar-refractivity contribution in [2.75, 3.05) is 5.88 Å². The number of carbonyl (C=O) groups excluding carboxylic acids is 1. The van der Waals surface area contributed by atoms with E-state index in [0.29, 0.717) is 5.88 Å². The van der Waals surface area contributed by atoms with Crippen LogP contribution in [0, 0.1) is 5.92 Å². The van der Waals surface area contributed by atoms with Gasteiger partial charge in [0.25, 0.3) is 0 Å². The van der Waals surface area contributed by atoms with Gasteiger partial charge in [0.2, 0.25) is 5.91 Å². The molecule has 0 aliphatic rings. The maximum absolute atomic E-state index is 11.8. The normalized spacial score (nSPS) is 13.1. The van der Waals surface area contributed by atoms with E-state index in [4.69, 9.17) is 11.6 Å². The van der Waals surface area contributed by atoms with Crippen molar-refractivity contribution in [3.05, 3.63) is 35.9 Å². The number of nitrogens with one attached hydrogen (secondary N) is 1. The van der Waals surface area contributed by atoms with Crippen molar-refractivity contribution in [3.63, 3.8) is 0 Å². The minimum atomic E-state index is -0.201. The lowest BCUT2D eigenvalue weighted by Gasteiger charge is -2.27. The number of aryl methyl sites for hydroxylation is 1. The number of rotatable bonds is 6. The van der Waals surface area contributed by atoms with Gasteiger partial charge in [-0.2, -0.15) is 0 Å². The van der Waals surface area contributed by atoms with Crippen LogP contribution in [-0.2, 0) is 11.2 Å². The largest absolute Gasteiger partial charge is 0.351 e. The predicted octanol–water partition coefficient (Wildman–Crippen LogP) is 3.39. The topological polar surface area (TPSA) is 29.1 Å². The Morgan fingerprint density at radius 2 is 1.94 bits per heavy atom. The average Bonchev–Trinajstić information content (AvgIpc) is 2.36. The molecule has 100 valence electrons. The highest BCUT2D eigenvalue weighted by molar-refractivity contribution is 6.19. The maximum Gasteiger partial charge on any atom is 0.224 e. The zero-order valence-electron chi connectivity index (χ0n) is 11.4. The van der Waals surface area contributed by atoms with Crippen LogP contribution in [0.4, 0.5) is 0 Å². The first kappa shape index (κ1) is 15.0. The average molecular weight is 268 g/mol. The molecule has 0 bridgehead atoms. The number of benzene rings is 1. The molecule has 1 aromatic rings. The van der Waals surface area contributed by atoms with Crippen LogP contribution in [0.25, 0.3) is 0 Å². The van der Waals surface area contributed by atoms with Gasteiger partial charge < -0.3 is 5.32 Å². The number of halogens is 1. The van der Waals surface area contributed by atoms with Gasteiger partial charge in [-0.15, -0.1) is 11.6 Å². The van der Waals surface area contributed by atoms with Crippen LogP contribution < -0.4 is 5.32 Å². The first-order valence-corrected chi connectivity index (χ1v) is 6.90. The Kier molecular flexibility index (Phi) is 5.67. The van der Waals surface area contributed by atoms with E-state index in [9.17, 15) is 4.79 Å². The number of hydrogen-bond acceptors (Lipinski definition) is 1. The lowest BCUT2D eigenvalue weighted by molar-refractivity contribution is -0.125. The van der Waals surface area contributed by atoms with Gasteiger partial charge in [0.15, 0.2) is 0 Å². The summed E-state index contributed by atoms with van der Waals surface area (Å²) in [5.41, 5.74) is 1.10. The molecule has 0 radical (unpaired) electrons. The van der Waals surface area contributed by atoms with E-state index >= 15 is 0 Å². The molecule has 0 aliphatic heterocycles. The van der Waals surface area contributed by atoms with E-state index in [1.807, 2.05) is 25.1 Å². The smallest absolute Gasteiger partial charge is 0.224 e. The van der Waals surface area contributed by atoms with Crippen molar-refractivity contribution in [2.24, 2.45) is 5.92 Å². The molecule has 18 heavy (non-hydrogen) atoms. The van der Waals surface area contributed by atoms with Gasteiger partial charge in [-0.1, -0.05) is 37.3 Å². The van der Waals surface area contributed by atoms with E-state index in [1.165, 1.54) is 5.56 Å². The van der Waals surface area contributed by atoms with Crippen LogP contribution in [0.3, 0.4) is 0 Å². The van der Waals surface area contributed by atoms with Gasteiger partial charge in [-0.25, -0.2) is 0 Å². The molecule has 0 heterocycles. The van der Waals surface area contributed by atoms with E-state index in [0.717, 1.165) is 12.8 Å². The Morgan fingerprint density at radius 3 is 2.50 bits per heavy atom. The lowest BCUT2D eigenvalue weighted by Crippen LogP contribution is -2.46. The summed E-state index contributed by atoms with van der Waals surface area (Å²) < 4.78 is 0. The molecule has 0 saturated heterocycles. The summed E-state index contributed by atoms with van der Waals surface area (Å²) in [5.74, 6) is 0.256. The second-order valence-electron chi connectivity index (χ2n) is 5.41. The van der Waals surface area contributed by atoms with E-state index in [1.54, 1.807) is 0 Å². The number of alkyl halides is 1. The molecule has 1 unspecified atom stereocenters. The van der Waals surface area contributed by atoms with Crippen LogP contribution in [0.2, 0.25) is 0 Å². The molecule has 1 amide bonds. The van der Waals surface area contributed by atoms with Gasteiger partial charge in [0.05, 0.1) is 0 Å². The highest BCUT2D eigenvalue weighted by atomic mass is 35.5. The van der Waals surface area contributed by atoms with Crippen molar-refractivity contribution < 1.29 is 4.79 Å². The van der Waals surface area contributed by atoms with E-state index in [2.05, 4.69) is 31.3 Å². The molecule has 2 nitrogen and oxygen atoms in total. The fraction of sp³-hybridized carbons (Fsp3) is 0.533. The van der Waals surface area contributed by atoms with Crippen molar-refractivity contribution >= 4 is 17.5 Å². The highest BCUT2D eigenvalue weighted by Crippen LogP contribution is 2.14. The summed E-state index contributed by atoms with van der Waals surface area (Å²) in [5, 5.41) is 3.05. The van der Waals surface area contributed by atoms with Crippen molar-refractivity contribution in [1.82, 2.24) is 5.32 Å². The number of amides is 1. The Balaban J connectivity index is 2.47. The summed E-state index contributed by atoms with van der Waals surface area (Å²) >= 11 is 5.69. The van der Waals surface area contributed by atoms with Gasteiger partial charge in [-0.05, 0) is 32.3 Å². The first-order valence-electron chi connectivity index (χ1n) is 6.36. The molecule has 3 heteroatoms. The van der Waals surface area contributed by atoms with Crippen molar-refractivity contribution in [3.8, 4) is 0 Å². The Bertz CT molecular complexity index is 375. The Morgan fingerprint density at radius 1 is 1.33 bits per heavy atom. The third-order valence-electron chi connectivity index (χ3n) is 3.02. The van der Waals surface area contributed by atoms with Crippen LogP contribution in [-0.4, -0.2) is 17.3 Å². The Labute approximate surface area is 115 Å². The molecular formula is C15H22ClNO. The van der Waals surface area contributed by atoms with Gasteiger partial charge in [0, 0.05) is 17.3 Å². The molecule has 0 fully saturated rings. The molecular weight excluding hydrogens is 246 g/mol. The summed E-state index contributed by atoms with van der Waals surface area (Å²) in [6.45, 7) is 5.94. The van der Waals surface area contributed by atoms with Gasteiger partial charge in [0.1, 0.15) is 0 Å². The maximum atomic E-state index is 11.8. The van der Waals surface area contributed by atoms with Crippen LogP contribution in [0.15, 0.2) is 30.3 Å². The van der Waals surface area contributed by atoms with E-state index in [-0.39, 0.29) is 17.4 Å². The molecule has 0 aromatic heterocycles. The first-order chi connectivity index (χ1) is 8.44. The summed E-state index contributed by atoms with van der Waals surface area (Å²) in [4.78, 5) is 11.8. The van der Waals surface area contributed by atoms with Crippen LogP contribution >= 0.6 is 11.6 Å². The molecule has 0 saturated carbocycles. The minimum absolute atomic E-state index is 0.0306. The molecule has 0 spiro atoms. The van der Waals surface area contributed by atoms with Gasteiger partial charge in [-0.3, -0.25) is 4.79 Å². The van der Waals surface area contributed by atoms with Crippen LogP contribution in [0.5, 0.6) is 0 Å². The molecule has 0 aliphatic carbocycles.